The highest BCUT2D eigenvalue weighted by molar-refractivity contribution is 6.02. The molecule has 1 heterocycles. The molecule has 0 aliphatic rings. The van der Waals surface area contributed by atoms with Gasteiger partial charge in [0.1, 0.15) is 17.2 Å². The number of para-hydroxylation sites is 1. The zero-order valence-electron chi connectivity index (χ0n) is 14.5. The van der Waals surface area contributed by atoms with E-state index in [0.29, 0.717) is 16.6 Å². The molecule has 0 aliphatic heterocycles. The number of anilines is 3. The fourth-order valence-corrected chi connectivity index (χ4v) is 2.95. The maximum atomic E-state index is 13.9. The number of H-pyrrole nitrogens is 1. The highest BCUT2D eigenvalue weighted by atomic mass is 19.1. The van der Waals surface area contributed by atoms with Crippen molar-refractivity contribution in [1.82, 2.24) is 10.2 Å². The van der Waals surface area contributed by atoms with Gasteiger partial charge in [-0.15, -0.1) is 0 Å². The quantitative estimate of drug-likeness (QED) is 0.414. The van der Waals surface area contributed by atoms with Gasteiger partial charge in [0.25, 0.3) is 0 Å². The molecule has 2 amide bonds. The predicted octanol–water partition coefficient (Wildman–Crippen LogP) is 4.73. The van der Waals surface area contributed by atoms with Crippen LogP contribution in [0.25, 0.3) is 22.0 Å². The summed E-state index contributed by atoms with van der Waals surface area (Å²) in [4.78, 5) is 12.1. The molecule has 28 heavy (non-hydrogen) atoms. The minimum atomic E-state index is -0.568. The van der Waals surface area contributed by atoms with Crippen molar-refractivity contribution in [3.8, 4) is 11.1 Å². The van der Waals surface area contributed by atoms with Gasteiger partial charge in [-0.05, 0) is 41.5 Å². The van der Waals surface area contributed by atoms with E-state index in [2.05, 4.69) is 20.8 Å². The smallest absolute Gasteiger partial charge is 0.323 e. The van der Waals surface area contributed by atoms with Crippen LogP contribution in [0.15, 0.2) is 60.7 Å². The fourth-order valence-electron chi connectivity index (χ4n) is 2.95. The normalized spacial score (nSPS) is 10.8. The maximum Gasteiger partial charge on any atom is 0.323 e. The molecular weight excluding hydrogens is 364 g/mol. The summed E-state index contributed by atoms with van der Waals surface area (Å²) in [7, 11) is 0. The Kier molecular flexibility index (Phi) is 4.36. The van der Waals surface area contributed by atoms with Crippen LogP contribution in [0.5, 0.6) is 0 Å². The number of aromatic nitrogens is 2. The number of aromatic amines is 1. The Morgan fingerprint density at radius 1 is 0.929 bits per heavy atom. The molecule has 0 saturated heterocycles. The summed E-state index contributed by atoms with van der Waals surface area (Å²) in [5, 5.41) is 12.0. The number of fused-ring (bicyclic) bond motifs is 1. The summed E-state index contributed by atoms with van der Waals surface area (Å²) in [6.45, 7) is 0. The van der Waals surface area contributed by atoms with Crippen LogP contribution in [0.1, 0.15) is 0 Å². The monoisotopic (exact) mass is 379 g/mol. The number of nitrogens with two attached hydrogens (primary N) is 1. The number of rotatable bonds is 3. The van der Waals surface area contributed by atoms with Gasteiger partial charge in [-0.3, -0.25) is 5.10 Å². The third kappa shape index (κ3) is 3.23. The Balaban J connectivity index is 1.55. The summed E-state index contributed by atoms with van der Waals surface area (Å²) in [5.74, 6) is -0.756. The maximum absolute atomic E-state index is 13.9. The van der Waals surface area contributed by atoms with Crippen molar-refractivity contribution in [2.45, 2.75) is 0 Å². The summed E-state index contributed by atoms with van der Waals surface area (Å²) in [6.07, 6.45) is 0. The number of nitrogens with zero attached hydrogens (tertiary/aromatic N) is 1. The average Bonchev–Trinajstić information content (AvgIpc) is 3.08. The lowest BCUT2D eigenvalue weighted by atomic mass is 10.0. The molecule has 140 valence electrons. The van der Waals surface area contributed by atoms with Crippen molar-refractivity contribution in [3.63, 3.8) is 0 Å². The summed E-state index contributed by atoms with van der Waals surface area (Å²) in [6, 6.07) is 15.2. The summed E-state index contributed by atoms with van der Waals surface area (Å²) < 4.78 is 27.5. The molecule has 6 nitrogen and oxygen atoms in total. The first-order valence-corrected chi connectivity index (χ1v) is 8.38. The highest BCUT2D eigenvalue weighted by Gasteiger charge is 2.14. The molecule has 0 aliphatic carbocycles. The Morgan fingerprint density at radius 2 is 1.68 bits per heavy atom. The lowest BCUT2D eigenvalue weighted by Gasteiger charge is -2.10. The van der Waals surface area contributed by atoms with Gasteiger partial charge in [-0.1, -0.05) is 30.3 Å². The minimum Gasteiger partial charge on any atom is -0.382 e. The van der Waals surface area contributed by atoms with E-state index in [1.165, 1.54) is 24.3 Å². The Hall–Kier alpha value is -3.94. The molecule has 8 heteroatoms. The summed E-state index contributed by atoms with van der Waals surface area (Å²) >= 11 is 0. The van der Waals surface area contributed by atoms with E-state index in [-0.39, 0.29) is 17.0 Å². The van der Waals surface area contributed by atoms with E-state index >= 15 is 0 Å². The zero-order chi connectivity index (χ0) is 19.7. The van der Waals surface area contributed by atoms with Crippen molar-refractivity contribution >= 4 is 34.1 Å². The van der Waals surface area contributed by atoms with Crippen LogP contribution in [0.3, 0.4) is 0 Å². The van der Waals surface area contributed by atoms with Crippen molar-refractivity contribution in [2.24, 2.45) is 0 Å². The van der Waals surface area contributed by atoms with Crippen molar-refractivity contribution in [3.05, 3.63) is 72.3 Å². The van der Waals surface area contributed by atoms with Crippen LogP contribution in [0.4, 0.5) is 30.8 Å². The third-order valence-corrected chi connectivity index (χ3v) is 4.27. The average molecular weight is 379 g/mol. The fraction of sp³-hybridized carbons (Fsp3) is 0. The standard InChI is InChI=1S/C20H15F2N5O/c21-14-3-1-2-4-16(14)25-20(28)24-12-7-5-11(6-8-12)13-9-10-15(22)18-17(13)19(23)27-26-18/h1-10H,(H3,23,26,27)(H2,24,25,28). The number of nitrogen functional groups attached to an aromatic ring is 1. The van der Waals surface area contributed by atoms with Gasteiger partial charge < -0.3 is 16.4 Å². The number of hydrogen-bond acceptors (Lipinski definition) is 3. The second kappa shape index (κ2) is 6.99. The molecule has 4 aromatic rings. The molecule has 0 saturated carbocycles. The van der Waals surface area contributed by atoms with Gasteiger partial charge in [0, 0.05) is 5.69 Å². The van der Waals surface area contributed by atoms with Gasteiger partial charge in [0.2, 0.25) is 0 Å². The molecule has 0 spiro atoms. The number of halogens is 2. The largest absolute Gasteiger partial charge is 0.382 e. The first-order chi connectivity index (χ1) is 13.5. The number of amides is 2. The van der Waals surface area contributed by atoms with E-state index in [0.717, 1.165) is 5.56 Å². The van der Waals surface area contributed by atoms with E-state index < -0.39 is 17.7 Å². The lowest BCUT2D eigenvalue weighted by molar-refractivity contribution is 0.262. The molecule has 3 aromatic carbocycles. The van der Waals surface area contributed by atoms with Crippen LogP contribution in [-0.4, -0.2) is 16.2 Å². The Morgan fingerprint density at radius 3 is 2.43 bits per heavy atom. The third-order valence-electron chi connectivity index (χ3n) is 4.27. The number of urea groups is 1. The van der Waals surface area contributed by atoms with Gasteiger partial charge in [0.05, 0.1) is 11.1 Å². The molecule has 0 unspecified atom stereocenters. The molecule has 4 rings (SSSR count). The Bertz CT molecular complexity index is 1170. The number of nitrogens with one attached hydrogen (secondary N) is 3. The summed E-state index contributed by atoms with van der Waals surface area (Å²) in [5.41, 5.74) is 8.18. The molecule has 0 bridgehead atoms. The van der Waals surface area contributed by atoms with Gasteiger partial charge in [0.15, 0.2) is 5.82 Å². The molecule has 0 atom stereocenters. The van der Waals surface area contributed by atoms with Gasteiger partial charge in [-0.25, -0.2) is 13.6 Å². The van der Waals surface area contributed by atoms with Crippen molar-refractivity contribution in [1.29, 1.82) is 0 Å². The van der Waals surface area contributed by atoms with E-state index in [1.54, 1.807) is 36.4 Å². The number of carbonyl (C=O) groups excluding carboxylic acids is 1. The predicted molar refractivity (Wildman–Crippen MR) is 105 cm³/mol. The van der Waals surface area contributed by atoms with Crippen LogP contribution in [0, 0.1) is 11.6 Å². The van der Waals surface area contributed by atoms with Crippen molar-refractivity contribution in [2.75, 3.05) is 16.4 Å². The second-order valence-corrected chi connectivity index (χ2v) is 6.09. The van der Waals surface area contributed by atoms with Crippen LogP contribution >= 0.6 is 0 Å². The van der Waals surface area contributed by atoms with E-state index in [4.69, 9.17) is 5.73 Å². The Labute approximate surface area is 158 Å². The minimum absolute atomic E-state index is 0.0840. The van der Waals surface area contributed by atoms with Crippen molar-refractivity contribution < 1.29 is 13.6 Å². The van der Waals surface area contributed by atoms with Gasteiger partial charge in [-0.2, -0.15) is 5.10 Å². The highest BCUT2D eigenvalue weighted by Crippen LogP contribution is 2.33. The second-order valence-electron chi connectivity index (χ2n) is 6.09. The SMILES string of the molecule is Nc1n[nH]c2c(F)ccc(-c3ccc(NC(=O)Nc4ccccc4F)cc3)c12. The number of hydrogen-bond donors (Lipinski definition) is 4. The molecule has 1 aromatic heterocycles. The topological polar surface area (TPSA) is 95.8 Å². The zero-order valence-corrected chi connectivity index (χ0v) is 14.5. The van der Waals surface area contributed by atoms with E-state index in [9.17, 15) is 13.6 Å². The van der Waals surface area contributed by atoms with Gasteiger partial charge >= 0.3 is 6.03 Å². The van der Waals surface area contributed by atoms with E-state index in [1.807, 2.05) is 0 Å². The molecule has 0 radical (unpaired) electrons. The number of carbonyl (C=O) groups is 1. The van der Waals surface area contributed by atoms with Crippen LogP contribution in [0.2, 0.25) is 0 Å². The first kappa shape index (κ1) is 17.5. The van der Waals surface area contributed by atoms with Crippen LogP contribution in [-0.2, 0) is 0 Å². The molecular formula is C20H15F2N5O. The lowest BCUT2D eigenvalue weighted by Crippen LogP contribution is -2.20. The molecule has 0 fully saturated rings. The first-order valence-electron chi connectivity index (χ1n) is 8.38. The van der Waals surface area contributed by atoms with Crippen LogP contribution < -0.4 is 16.4 Å². The molecule has 5 N–H and O–H groups in total. The number of benzene rings is 3.